The van der Waals surface area contributed by atoms with Gasteiger partial charge in [-0.3, -0.25) is 0 Å². The molecule has 5 aromatic rings. The van der Waals surface area contributed by atoms with Crippen LogP contribution >= 0.6 is 0 Å². The van der Waals surface area contributed by atoms with E-state index in [0.29, 0.717) is 28.0 Å². The lowest BCUT2D eigenvalue weighted by molar-refractivity contribution is 0.566. The smallest absolute Gasteiger partial charge is 0.348 e. The van der Waals surface area contributed by atoms with Gasteiger partial charge in [0.2, 0.25) is 5.88 Å². The fourth-order valence-corrected chi connectivity index (χ4v) is 3.86. The number of hydrogen-bond donors (Lipinski definition) is 1. The number of para-hydroxylation sites is 2. The van der Waals surface area contributed by atoms with Crippen molar-refractivity contribution < 1.29 is 8.83 Å². The fourth-order valence-electron chi connectivity index (χ4n) is 3.86. The molecule has 5 rings (SSSR count). The first kappa shape index (κ1) is 19.2. The van der Waals surface area contributed by atoms with Crippen molar-refractivity contribution in [3.8, 4) is 11.1 Å². The van der Waals surface area contributed by atoms with Crippen molar-refractivity contribution in [3.63, 3.8) is 0 Å². The molecule has 0 atom stereocenters. The van der Waals surface area contributed by atoms with Crippen molar-refractivity contribution in [1.82, 2.24) is 0 Å². The molecule has 4 heteroatoms. The van der Waals surface area contributed by atoms with E-state index in [-0.39, 0.29) is 5.41 Å². The van der Waals surface area contributed by atoms with E-state index in [4.69, 9.17) is 8.83 Å². The molecule has 3 aromatic carbocycles. The van der Waals surface area contributed by atoms with Crippen molar-refractivity contribution in [2.75, 3.05) is 5.32 Å². The van der Waals surface area contributed by atoms with Gasteiger partial charge in [-0.2, -0.15) is 0 Å². The standard InChI is InChI=1S/C27H23NO3/c1-27(2,3)18-15-13-17(14-16-18)22-23-24(20-11-7-8-12-21(20)30-26(23)29)31-25(22)28-19-9-5-4-6-10-19/h4-16,28H,1-3H3. The van der Waals surface area contributed by atoms with E-state index in [0.717, 1.165) is 16.6 Å². The summed E-state index contributed by atoms with van der Waals surface area (Å²) in [7, 11) is 0. The van der Waals surface area contributed by atoms with E-state index < -0.39 is 5.63 Å². The van der Waals surface area contributed by atoms with Crippen LogP contribution in [0.2, 0.25) is 0 Å². The Morgan fingerprint density at radius 2 is 1.45 bits per heavy atom. The third-order valence-corrected chi connectivity index (χ3v) is 5.52. The zero-order valence-corrected chi connectivity index (χ0v) is 17.7. The lowest BCUT2D eigenvalue weighted by Gasteiger charge is -2.19. The van der Waals surface area contributed by atoms with Gasteiger partial charge in [-0.1, -0.05) is 75.4 Å². The summed E-state index contributed by atoms with van der Waals surface area (Å²) in [5, 5.41) is 4.56. The van der Waals surface area contributed by atoms with Crippen LogP contribution in [-0.4, -0.2) is 0 Å². The summed E-state index contributed by atoms with van der Waals surface area (Å²) in [6, 6.07) is 25.5. The second-order valence-corrected chi connectivity index (χ2v) is 8.71. The van der Waals surface area contributed by atoms with Gasteiger partial charge in [0.05, 0.1) is 10.9 Å². The van der Waals surface area contributed by atoms with Gasteiger partial charge in [-0.15, -0.1) is 0 Å². The summed E-state index contributed by atoms with van der Waals surface area (Å²) in [6.07, 6.45) is 0. The Bertz CT molecular complexity index is 1440. The average Bonchev–Trinajstić information content (AvgIpc) is 3.14. The van der Waals surface area contributed by atoms with Crippen molar-refractivity contribution in [3.05, 3.63) is 94.8 Å². The van der Waals surface area contributed by atoms with Crippen LogP contribution in [0, 0.1) is 0 Å². The van der Waals surface area contributed by atoms with Gasteiger partial charge in [-0.05, 0) is 40.8 Å². The predicted molar refractivity (Wildman–Crippen MR) is 126 cm³/mol. The maximum atomic E-state index is 13.0. The van der Waals surface area contributed by atoms with Gasteiger partial charge < -0.3 is 14.2 Å². The number of rotatable bonds is 3. The molecule has 0 aliphatic heterocycles. The molecule has 2 aromatic heterocycles. The molecule has 1 N–H and O–H groups in total. The van der Waals surface area contributed by atoms with Crippen molar-refractivity contribution in [1.29, 1.82) is 0 Å². The van der Waals surface area contributed by atoms with Crippen LogP contribution in [0.3, 0.4) is 0 Å². The van der Waals surface area contributed by atoms with E-state index in [2.05, 4.69) is 38.2 Å². The fraction of sp³-hybridized carbons (Fsp3) is 0.148. The first-order valence-corrected chi connectivity index (χ1v) is 10.3. The normalized spacial score (nSPS) is 11.8. The van der Waals surface area contributed by atoms with Crippen molar-refractivity contribution in [2.45, 2.75) is 26.2 Å². The Morgan fingerprint density at radius 3 is 2.16 bits per heavy atom. The second kappa shape index (κ2) is 7.17. The lowest BCUT2D eigenvalue weighted by Crippen LogP contribution is -2.10. The highest BCUT2D eigenvalue weighted by molar-refractivity contribution is 6.10. The summed E-state index contributed by atoms with van der Waals surface area (Å²) >= 11 is 0. The van der Waals surface area contributed by atoms with E-state index in [1.165, 1.54) is 5.56 Å². The molecule has 0 amide bonds. The first-order valence-electron chi connectivity index (χ1n) is 10.3. The zero-order valence-electron chi connectivity index (χ0n) is 17.7. The van der Waals surface area contributed by atoms with Gasteiger partial charge in [0.15, 0.2) is 5.58 Å². The highest BCUT2D eigenvalue weighted by Gasteiger charge is 2.23. The Labute approximate surface area is 180 Å². The maximum Gasteiger partial charge on any atom is 0.348 e. The predicted octanol–water partition coefficient (Wildman–Crippen LogP) is 7.25. The molecule has 154 valence electrons. The summed E-state index contributed by atoms with van der Waals surface area (Å²) < 4.78 is 11.9. The first-order chi connectivity index (χ1) is 14.9. The highest BCUT2D eigenvalue weighted by Crippen LogP contribution is 2.41. The summed E-state index contributed by atoms with van der Waals surface area (Å²) in [6.45, 7) is 6.54. The lowest BCUT2D eigenvalue weighted by atomic mass is 9.86. The molecule has 0 aliphatic rings. The highest BCUT2D eigenvalue weighted by atomic mass is 16.4. The van der Waals surface area contributed by atoms with Crippen molar-refractivity contribution in [2.24, 2.45) is 0 Å². The SMILES string of the molecule is CC(C)(C)c1ccc(-c2c(Nc3ccccc3)oc3c2c(=O)oc2ccccc23)cc1. The molecular formula is C27H23NO3. The van der Waals surface area contributed by atoms with E-state index in [1.54, 1.807) is 6.07 Å². The van der Waals surface area contributed by atoms with E-state index in [1.807, 2.05) is 60.7 Å². The minimum absolute atomic E-state index is 0.0390. The molecular weight excluding hydrogens is 386 g/mol. The molecule has 0 saturated heterocycles. The summed E-state index contributed by atoms with van der Waals surface area (Å²) in [4.78, 5) is 13.0. The van der Waals surface area contributed by atoms with Gasteiger partial charge in [0.25, 0.3) is 0 Å². The quantitative estimate of drug-likeness (QED) is 0.319. The Morgan fingerprint density at radius 1 is 0.774 bits per heavy atom. The molecule has 0 bridgehead atoms. The summed E-state index contributed by atoms with van der Waals surface area (Å²) in [5.41, 5.74) is 4.37. The molecule has 0 fully saturated rings. The number of nitrogens with one attached hydrogen (secondary N) is 1. The largest absolute Gasteiger partial charge is 0.439 e. The van der Waals surface area contributed by atoms with Gasteiger partial charge in [-0.25, -0.2) is 4.79 Å². The van der Waals surface area contributed by atoms with Gasteiger partial charge >= 0.3 is 5.63 Å². The zero-order chi connectivity index (χ0) is 21.6. The van der Waals surface area contributed by atoms with Crippen LogP contribution in [0.15, 0.2) is 92.5 Å². The molecule has 0 aliphatic carbocycles. The van der Waals surface area contributed by atoms with Crippen LogP contribution in [0.4, 0.5) is 11.6 Å². The maximum absolute atomic E-state index is 13.0. The van der Waals surface area contributed by atoms with E-state index in [9.17, 15) is 4.79 Å². The molecule has 2 heterocycles. The van der Waals surface area contributed by atoms with Crippen LogP contribution in [0.5, 0.6) is 0 Å². The number of hydrogen-bond acceptors (Lipinski definition) is 4. The number of anilines is 2. The molecule has 4 nitrogen and oxygen atoms in total. The molecule has 0 spiro atoms. The Balaban J connectivity index is 1.79. The minimum atomic E-state index is -0.409. The van der Waals surface area contributed by atoms with Crippen LogP contribution in [0.1, 0.15) is 26.3 Å². The van der Waals surface area contributed by atoms with Crippen LogP contribution in [0.25, 0.3) is 33.1 Å². The number of benzene rings is 3. The van der Waals surface area contributed by atoms with Crippen LogP contribution in [-0.2, 0) is 5.41 Å². The molecule has 31 heavy (non-hydrogen) atoms. The molecule has 0 radical (unpaired) electrons. The number of fused-ring (bicyclic) bond motifs is 3. The van der Waals surface area contributed by atoms with Crippen molar-refractivity contribution >= 4 is 33.5 Å². The third-order valence-electron chi connectivity index (χ3n) is 5.52. The molecule has 0 unspecified atom stereocenters. The topological polar surface area (TPSA) is 55.4 Å². The average molecular weight is 409 g/mol. The second-order valence-electron chi connectivity index (χ2n) is 8.71. The Kier molecular flexibility index (Phi) is 4.44. The number of furan rings is 1. The third kappa shape index (κ3) is 3.40. The van der Waals surface area contributed by atoms with Gasteiger partial charge in [0.1, 0.15) is 11.0 Å². The summed E-state index contributed by atoms with van der Waals surface area (Å²) in [5.74, 6) is 0.522. The van der Waals surface area contributed by atoms with E-state index >= 15 is 0 Å². The monoisotopic (exact) mass is 409 g/mol. The minimum Gasteiger partial charge on any atom is -0.439 e. The Hall–Kier alpha value is -3.79. The molecule has 0 saturated carbocycles. The van der Waals surface area contributed by atoms with Crippen LogP contribution < -0.4 is 10.9 Å². The van der Waals surface area contributed by atoms with Gasteiger partial charge in [0, 0.05) is 5.69 Å².